The van der Waals surface area contributed by atoms with Gasteiger partial charge in [-0.25, -0.2) is 14.4 Å². The monoisotopic (exact) mass is 692 g/mol. The molecule has 0 unspecified atom stereocenters. The van der Waals surface area contributed by atoms with Crippen molar-refractivity contribution in [1.29, 1.82) is 0 Å². The van der Waals surface area contributed by atoms with Gasteiger partial charge in [-0.3, -0.25) is 0 Å². The Balaban J connectivity index is 1.50. The van der Waals surface area contributed by atoms with Crippen LogP contribution in [0.2, 0.25) is 0 Å². The first-order chi connectivity index (χ1) is 24.0. The van der Waals surface area contributed by atoms with Crippen LogP contribution < -0.4 is 0 Å². The summed E-state index contributed by atoms with van der Waals surface area (Å²) in [5.41, 5.74) is 2.93. The average Bonchev–Trinajstić information content (AvgIpc) is 3.17. The summed E-state index contributed by atoms with van der Waals surface area (Å²) in [5, 5.41) is 11.7. The first-order valence-electron chi connectivity index (χ1n) is 15.7. The van der Waals surface area contributed by atoms with Crippen molar-refractivity contribution in [3.05, 3.63) is 179 Å². The highest BCUT2D eigenvalue weighted by Gasteiger charge is 2.42. The summed E-state index contributed by atoms with van der Waals surface area (Å²) >= 11 is 3.01. The van der Waals surface area contributed by atoms with Crippen LogP contribution in [0.15, 0.2) is 152 Å². The Kier molecular flexibility index (Phi) is 13.5. The largest absolute Gasteiger partial charge is 0.459 e. The molecule has 0 aromatic heterocycles. The highest BCUT2D eigenvalue weighted by Crippen LogP contribution is 2.37. The number of aliphatic hydroxyl groups is 1. The molecule has 5 aromatic rings. The summed E-state index contributed by atoms with van der Waals surface area (Å²) in [4.78, 5) is 40.1. The lowest BCUT2D eigenvalue weighted by Crippen LogP contribution is -2.49. The third-order valence-electron chi connectivity index (χ3n) is 7.39. The Hall–Kier alpha value is -4.83. The maximum Gasteiger partial charge on any atom is 0.338 e. The molecule has 0 radical (unpaired) electrons. The van der Waals surface area contributed by atoms with Gasteiger partial charge in [-0.2, -0.15) is 0 Å². The third kappa shape index (κ3) is 10.8. The highest BCUT2D eigenvalue weighted by molar-refractivity contribution is 8.16. The molecular formula is C40H36O7S2. The van der Waals surface area contributed by atoms with E-state index in [1.54, 1.807) is 91.0 Å². The summed E-state index contributed by atoms with van der Waals surface area (Å²) in [6, 6.07) is 44.9. The van der Waals surface area contributed by atoms with Crippen LogP contribution in [0, 0.1) is 0 Å². The molecule has 1 N–H and O–H groups in total. The number of carbonyl (C=O) groups excluding carboxylic acids is 3. The number of hydrogen-bond acceptors (Lipinski definition) is 9. The van der Waals surface area contributed by atoms with Gasteiger partial charge in [-0.05, 0) is 47.5 Å². The van der Waals surface area contributed by atoms with E-state index in [4.69, 9.17) is 14.2 Å². The van der Waals surface area contributed by atoms with Crippen molar-refractivity contribution < 1.29 is 33.7 Å². The maximum absolute atomic E-state index is 13.7. The van der Waals surface area contributed by atoms with Crippen molar-refractivity contribution in [3.63, 3.8) is 0 Å². The molecule has 0 aliphatic carbocycles. The van der Waals surface area contributed by atoms with E-state index >= 15 is 0 Å². The Bertz CT molecular complexity index is 1700. The number of thioether (sulfide) groups is 2. The second-order valence-electron chi connectivity index (χ2n) is 11.0. The Labute approximate surface area is 294 Å². The van der Waals surface area contributed by atoms with Crippen LogP contribution in [-0.4, -0.2) is 52.5 Å². The number of carbonyl (C=O) groups is 3. The summed E-state index contributed by atoms with van der Waals surface area (Å²) < 4.78 is 17.2. The maximum atomic E-state index is 13.7. The lowest BCUT2D eigenvalue weighted by molar-refractivity contribution is -0.0912. The van der Waals surface area contributed by atoms with E-state index in [1.165, 1.54) is 23.5 Å². The van der Waals surface area contributed by atoms with Crippen molar-refractivity contribution in [2.45, 2.75) is 34.4 Å². The lowest BCUT2D eigenvalue weighted by Gasteiger charge is -2.34. The summed E-state index contributed by atoms with van der Waals surface area (Å²) in [6.45, 7) is -0.515. The zero-order valence-corrected chi connectivity index (χ0v) is 28.2. The fraction of sp³-hybridized carbons (Fsp3) is 0.175. The molecule has 0 bridgehead atoms. The van der Waals surface area contributed by atoms with Gasteiger partial charge >= 0.3 is 17.9 Å². The standard InChI is InChI=1S/C40H36O7S2/c41-34(26-45-37(42)31-20-10-3-11-21-31)35(46-38(43)32-22-12-4-13-23-32)36(47-39(44)33-24-14-5-15-25-33)40(48-27-29-16-6-1-7-17-29)49-28-30-18-8-2-9-19-30/h1-25,34-36,40-41H,26-28H2/t34-,35+,36+/m0/s1. The van der Waals surface area contributed by atoms with E-state index in [-0.39, 0.29) is 5.56 Å². The van der Waals surface area contributed by atoms with Crippen molar-refractivity contribution in [2.24, 2.45) is 0 Å². The molecule has 3 atom stereocenters. The van der Waals surface area contributed by atoms with Crippen LogP contribution in [0.3, 0.4) is 0 Å². The number of aliphatic hydroxyl groups excluding tert-OH is 1. The predicted octanol–water partition coefficient (Wildman–Crippen LogP) is 7.85. The van der Waals surface area contributed by atoms with Crippen molar-refractivity contribution in [3.8, 4) is 0 Å². The van der Waals surface area contributed by atoms with Gasteiger partial charge in [0.05, 0.1) is 21.3 Å². The minimum absolute atomic E-state index is 0.250. The molecule has 9 heteroatoms. The molecule has 0 saturated carbocycles. The first-order valence-corrected chi connectivity index (χ1v) is 17.8. The zero-order valence-electron chi connectivity index (χ0n) is 26.6. The van der Waals surface area contributed by atoms with Crippen LogP contribution in [0.25, 0.3) is 0 Å². The van der Waals surface area contributed by atoms with Gasteiger partial charge < -0.3 is 19.3 Å². The van der Waals surface area contributed by atoms with Gasteiger partial charge in [0.15, 0.2) is 12.2 Å². The quantitative estimate of drug-likeness (QED) is 0.0630. The molecule has 0 aliphatic heterocycles. The van der Waals surface area contributed by atoms with E-state index in [1.807, 2.05) is 60.7 Å². The minimum atomic E-state index is -1.55. The van der Waals surface area contributed by atoms with Gasteiger partial charge in [0, 0.05) is 11.5 Å². The summed E-state index contributed by atoms with van der Waals surface area (Å²) in [5.74, 6) is -0.930. The molecular weight excluding hydrogens is 657 g/mol. The van der Waals surface area contributed by atoms with Gasteiger partial charge in [-0.15, -0.1) is 23.5 Å². The molecule has 0 amide bonds. The Morgan fingerprint density at radius 2 is 0.837 bits per heavy atom. The molecule has 0 heterocycles. The number of hydrogen-bond donors (Lipinski definition) is 1. The van der Waals surface area contributed by atoms with E-state index < -0.39 is 47.4 Å². The predicted molar refractivity (Wildman–Crippen MR) is 193 cm³/mol. The molecule has 0 spiro atoms. The van der Waals surface area contributed by atoms with Crippen LogP contribution in [-0.2, 0) is 25.7 Å². The van der Waals surface area contributed by atoms with E-state index in [2.05, 4.69) is 0 Å². The number of esters is 3. The molecule has 0 fully saturated rings. The van der Waals surface area contributed by atoms with Gasteiger partial charge in [0.25, 0.3) is 0 Å². The topological polar surface area (TPSA) is 99.1 Å². The van der Waals surface area contributed by atoms with Crippen molar-refractivity contribution in [2.75, 3.05) is 6.61 Å². The SMILES string of the molecule is O=C(OC[C@H](O)[C@@H](OC(=O)c1ccccc1)[C@@H](OC(=O)c1ccccc1)C(SCc1ccccc1)SCc1ccccc1)c1ccccc1. The Morgan fingerprint density at radius 1 is 0.490 bits per heavy atom. The van der Waals surface area contributed by atoms with Crippen LogP contribution in [0.5, 0.6) is 0 Å². The number of ether oxygens (including phenoxy) is 3. The van der Waals surface area contributed by atoms with E-state index in [0.29, 0.717) is 22.6 Å². The van der Waals surface area contributed by atoms with Gasteiger partial charge in [0.1, 0.15) is 12.7 Å². The lowest BCUT2D eigenvalue weighted by atomic mass is 10.1. The summed E-state index contributed by atoms with van der Waals surface area (Å²) in [6.07, 6.45) is -4.14. The average molecular weight is 693 g/mol. The molecule has 0 aliphatic rings. The molecule has 49 heavy (non-hydrogen) atoms. The molecule has 7 nitrogen and oxygen atoms in total. The third-order valence-corrected chi connectivity index (χ3v) is 10.4. The fourth-order valence-electron chi connectivity index (χ4n) is 4.83. The highest BCUT2D eigenvalue weighted by atomic mass is 32.2. The molecule has 0 saturated heterocycles. The minimum Gasteiger partial charge on any atom is -0.459 e. The van der Waals surface area contributed by atoms with Gasteiger partial charge in [-0.1, -0.05) is 115 Å². The molecule has 250 valence electrons. The van der Waals surface area contributed by atoms with E-state index in [0.717, 1.165) is 11.1 Å². The first kappa shape index (κ1) is 35.5. The molecule has 5 aromatic carbocycles. The van der Waals surface area contributed by atoms with Gasteiger partial charge in [0.2, 0.25) is 0 Å². The second-order valence-corrected chi connectivity index (χ2v) is 13.5. The smallest absolute Gasteiger partial charge is 0.338 e. The normalized spacial score (nSPS) is 12.8. The number of rotatable bonds is 16. The van der Waals surface area contributed by atoms with Crippen molar-refractivity contribution in [1.82, 2.24) is 0 Å². The summed E-state index contributed by atoms with van der Waals surface area (Å²) in [7, 11) is 0. The molecule has 5 rings (SSSR count). The zero-order chi connectivity index (χ0) is 34.3. The number of benzene rings is 5. The van der Waals surface area contributed by atoms with Crippen molar-refractivity contribution >= 4 is 41.4 Å². The Morgan fingerprint density at radius 3 is 1.24 bits per heavy atom. The van der Waals surface area contributed by atoms with Crippen LogP contribution in [0.4, 0.5) is 0 Å². The van der Waals surface area contributed by atoms with E-state index in [9.17, 15) is 19.5 Å². The fourth-order valence-corrected chi connectivity index (χ4v) is 7.52. The van der Waals surface area contributed by atoms with Crippen LogP contribution in [0.1, 0.15) is 42.2 Å². The second kappa shape index (κ2) is 18.6. The van der Waals surface area contributed by atoms with Crippen LogP contribution >= 0.6 is 23.5 Å².